The van der Waals surface area contributed by atoms with Crippen LogP contribution >= 0.6 is 11.6 Å². The van der Waals surface area contributed by atoms with Crippen molar-refractivity contribution >= 4 is 23.3 Å². The maximum Gasteiger partial charge on any atom is 0.338 e. The average Bonchev–Trinajstić information content (AvgIpc) is 2.46. The third-order valence-electron chi connectivity index (χ3n) is 2.61. The van der Waals surface area contributed by atoms with Gasteiger partial charge in [0.1, 0.15) is 6.61 Å². The van der Waals surface area contributed by atoms with E-state index in [1.807, 2.05) is 0 Å². The summed E-state index contributed by atoms with van der Waals surface area (Å²) in [7, 11) is 0. The van der Waals surface area contributed by atoms with Gasteiger partial charge in [-0.1, -0.05) is 35.9 Å². The fourth-order valence-electron chi connectivity index (χ4n) is 1.59. The Hall–Kier alpha value is -2.40. The lowest BCUT2D eigenvalue weighted by Crippen LogP contribution is -2.06. The number of carbonyl (C=O) groups is 1. The largest absolute Gasteiger partial charge is 0.457 e. The Morgan fingerprint density at radius 1 is 1.20 bits per heavy atom. The monoisotopic (exact) mass is 291 g/mol. The zero-order valence-corrected chi connectivity index (χ0v) is 11.0. The van der Waals surface area contributed by atoms with Crippen molar-refractivity contribution in [1.29, 1.82) is 0 Å². The van der Waals surface area contributed by atoms with Crippen LogP contribution in [0.3, 0.4) is 0 Å². The van der Waals surface area contributed by atoms with E-state index in [4.69, 9.17) is 16.3 Å². The number of carbonyl (C=O) groups excluding carboxylic acids is 1. The topological polar surface area (TPSA) is 69.4 Å². The molecular formula is C14H10ClNO4. The molecule has 0 spiro atoms. The van der Waals surface area contributed by atoms with Crippen LogP contribution in [0.2, 0.25) is 5.02 Å². The molecule has 2 aromatic rings. The highest BCUT2D eigenvalue weighted by Gasteiger charge is 2.13. The Bertz CT molecular complexity index is 657. The summed E-state index contributed by atoms with van der Waals surface area (Å²) in [4.78, 5) is 21.9. The SMILES string of the molecule is O=C(OCc1ccccc1Cl)c1cccc([N+](=O)[O-])c1. The summed E-state index contributed by atoms with van der Waals surface area (Å²) in [6, 6.07) is 12.4. The molecule has 0 saturated heterocycles. The van der Waals surface area contributed by atoms with Crippen molar-refractivity contribution in [2.24, 2.45) is 0 Å². The standard InChI is InChI=1S/C14H10ClNO4/c15-13-7-2-1-4-11(13)9-20-14(17)10-5-3-6-12(8-10)16(18)19/h1-8H,9H2. The number of hydrogen-bond donors (Lipinski definition) is 0. The van der Waals surface area contributed by atoms with Crippen LogP contribution in [0.15, 0.2) is 48.5 Å². The summed E-state index contributed by atoms with van der Waals surface area (Å²) < 4.78 is 5.08. The van der Waals surface area contributed by atoms with E-state index >= 15 is 0 Å². The summed E-state index contributed by atoms with van der Waals surface area (Å²) in [6.07, 6.45) is 0. The number of non-ortho nitro benzene ring substituents is 1. The summed E-state index contributed by atoms with van der Waals surface area (Å²) >= 11 is 5.94. The number of nitro benzene ring substituents is 1. The molecule has 0 unspecified atom stereocenters. The van der Waals surface area contributed by atoms with E-state index in [1.165, 1.54) is 24.3 Å². The first-order valence-corrected chi connectivity index (χ1v) is 6.10. The highest BCUT2D eigenvalue weighted by molar-refractivity contribution is 6.31. The smallest absolute Gasteiger partial charge is 0.338 e. The second-order valence-corrected chi connectivity index (χ2v) is 4.38. The van der Waals surface area contributed by atoms with Gasteiger partial charge in [0.05, 0.1) is 10.5 Å². The lowest BCUT2D eigenvalue weighted by atomic mass is 10.2. The van der Waals surface area contributed by atoms with Crippen molar-refractivity contribution in [3.63, 3.8) is 0 Å². The molecule has 0 aliphatic carbocycles. The van der Waals surface area contributed by atoms with E-state index in [0.29, 0.717) is 10.6 Å². The van der Waals surface area contributed by atoms with Gasteiger partial charge in [0, 0.05) is 22.7 Å². The average molecular weight is 292 g/mol. The van der Waals surface area contributed by atoms with Crippen LogP contribution in [-0.4, -0.2) is 10.9 Å². The molecule has 0 N–H and O–H groups in total. The highest BCUT2D eigenvalue weighted by atomic mass is 35.5. The maximum absolute atomic E-state index is 11.8. The number of ether oxygens (including phenoxy) is 1. The number of benzene rings is 2. The number of halogens is 1. The number of rotatable bonds is 4. The van der Waals surface area contributed by atoms with Crippen LogP contribution < -0.4 is 0 Å². The first kappa shape index (κ1) is 14.0. The minimum atomic E-state index is -0.631. The minimum Gasteiger partial charge on any atom is -0.457 e. The molecule has 0 bridgehead atoms. The third kappa shape index (κ3) is 3.33. The molecule has 0 fully saturated rings. The van der Waals surface area contributed by atoms with Crippen LogP contribution in [0.1, 0.15) is 15.9 Å². The number of nitro groups is 1. The Balaban J connectivity index is 2.07. The van der Waals surface area contributed by atoms with Gasteiger partial charge in [-0.3, -0.25) is 10.1 Å². The van der Waals surface area contributed by atoms with Crippen molar-refractivity contribution in [3.8, 4) is 0 Å². The molecule has 0 saturated carbocycles. The van der Waals surface area contributed by atoms with Crippen LogP contribution in [0.4, 0.5) is 5.69 Å². The lowest BCUT2D eigenvalue weighted by molar-refractivity contribution is -0.384. The van der Waals surface area contributed by atoms with Crippen LogP contribution in [-0.2, 0) is 11.3 Å². The Labute approximate surface area is 119 Å². The van der Waals surface area contributed by atoms with Crippen molar-refractivity contribution in [3.05, 3.63) is 74.8 Å². The second-order valence-electron chi connectivity index (χ2n) is 3.97. The molecule has 0 heterocycles. The molecule has 2 rings (SSSR count). The number of hydrogen-bond acceptors (Lipinski definition) is 4. The Morgan fingerprint density at radius 2 is 1.95 bits per heavy atom. The molecule has 5 nitrogen and oxygen atoms in total. The van der Waals surface area contributed by atoms with Crippen molar-refractivity contribution < 1.29 is 14.5 Å². The van der Waals surface area contributed by atoms with E-state index in [0.717, 1.165) is 0 Å². The number of nitrogens with zero attached hydrogens (tertiary/aromatic N) is 1. The second kappa shape index (κ2) is 6.16. The first-order valence-electron chi connectivity index (χ1n) is 5.73. The molecule has 102 valence electrons. The summed E-state index contributed by atoms with van der Waals surface area (Å²) in [5, 5.41) is 11.1. The van der Waals surface area contributed by atoms with E-state index < -0.39 is 10.9 Å². The normalized spacial score (nSPS) is 10.1. The van der Waals surface area contributed by atoms with E-state index in [2.05, 4.69) is 0 Å². The van der Waals surface area contributed by atoms with E-state index in [-0.39, 0.29) is 17.9 Å². The minimum absolute atomic E-state index is 0.0151. The maximum atomic E-state index is 11.8. The lowest BCUT2D eigenvalue weighted by Gasteiger charge is -2.06. The zero-order valence-electron chi connectivity index (χ0n) is 10.3. The Kier molecular flexibility index (Phi) is 4.32. The van der Waals surface area contributed by atoms with Gasteiger partial charge in [-0.05, 0) is 12.1 Å². The summed E-state index contributed by atoms with van der Waals surface area (Å²) in [5.41, 5.74) is 0.649. The molecule has 2 aromatic carbocycles. The predicted molar refractivity (Wildman–Crippen MR) is 73.7 cm³/mol. The molecular weight excluding hydrogens is 282 g/mol. The molecule has 6 heteroatoms. The fourth-order valence-corrected chi connectivity index (χ4v) is 1.78. The van der Waals surface area contributed by atoms with Gasteiger partial charge < -0.3 is 4.74 Å². The van der Waals surface area contributed by atoms with Gasteiger partial charge in [0.15, 0.2) is 0 Å². The summed E-state index contributed by atoms with van der Waals surface area (Å²) in [6.45, 7) is 0.0151. The van der Waals surface area contributed by atoms with E-state index in [9.17, 15) is 14.9 Å². The van der Waals surface area contributed by atoms with Gasteiger partial charge >= 0.3 is 5.97 Å². The van der Waals surface area contributed by atoms with Crippen LogP contribution in [0.25, 0.3) is 0 Å². The fraction of sp³-hybridized carbons (Fsp3) is 0.0714. The van der Waals surface area contributed by atoms with Gasteiger partial charge in [0.2, 0.25) is 0 Å². The number of esters is 1. The van der Waals surface area contributed by atoms with Gasteiger partial charge in [-0.25, -0.2) is 4.79 Å². The van der Waals surface area contributed by atoms with Crippen molar-refractivity contribution in [1.82, 2.24) is 0 Å². The van der Waals surface area contributed by atoms with E-state index in [1.54, 1.807) is 24.3 Å². The van der Waals surface area contributed by atoms with Gasteiger partial charge in [-0.15, -0.1) is 0 Å². The molecule has 0 amide bonds. The summed E-state index contributed by atoms with van der Waals surface area (Å²) in [5.74, 6) is -0.631. The van der Waals surface area contributed by atoms with Gasteiger partial charge in [-0.2, -0.15) is 0 Å². The zero-order chi connectivity index (χ0) is 14.5. The molecule has 20 heavy (non-hydrogen) atoms. The van der Waals surface area contributed by atoms with Gasteiger partial charge in [0.25, 0.3) is 5.69 Å². The highest BCUT2D eigenvalue weighted by Crippen LogP contribution is 2.18. The molecule has 0 radical (unpaired) electrons. The molecule has 0 atom stereocenters. The Morgan fingerprint density at radius 3 is 2.65 bits per heavy atom. The first-order chi connectivity index (χ1) is 9.58. The quantitative estimate of drug-likeness (QED) is 0.490. The molecule has 0 aliphatic heterocycles. The van der Waals surface area contributed by atoms with Crippen LogP contribution in [0, 0.1) is 10.1 Å². The molecule has 0 aromatic heterocycles. The van der Waals surface area contributed by atoms with Crippen molar-refractivity contribution in [2.45, 2.75) is 6.61 Å². The molecule has 0 aliphatic rings. The van der Waals surface area contributed by atoms with Crippen molar-refractivity contribution in [2.75, 3.05) is 0 Å². The predicted octanol–water partition coefficient (Wildman–Crippen LogP) is 3.61. The van der Waals surface area contributed by atoms with Crippen LogP contribution in [0.5, 0.6) is 0 Å². The third-order valence-corrected chi connectivity index (χ3v) is 2.98.